The van der Waals surface area contributed by atoms with Gasteiger partial charge in [-0.25, -0.2) is 13.6 Å². The molecule has 2 aromatic carbocycles. The lowest BCUT2D eigenvalue weighted by atomic mass is 10.2. The third kappa shape index (κ3) is 4.12. The van der Waals surface area contributed by atoms with E-state index in [-0.39, 0.29) is 11.6 Å². The number of halogens is 2. The molecule has 3 amide bonds. The number of anilines is 2. The summed E-state index contributed by atoms with van der Waals surface area (Å²) in [7, 11) is 0. The molecule has 0 radical (unpaired) electrons. The van der Waals surface area contributed by atoms with Crippen LogP contribution in [0.25, 0.3) is 0 Å². The molecule has 0 saturated carbocycles. The number of hydrogen-bond donors (Lipinski definition) is 2. The minimum Gasteiger partial charge on any atom is -0.325 e. The Bertz CT molecular complexity index is 805. The van der Waals surface area contributed by atoms with Crippen LogP contribution < -0.4 is 10.6 Å². The van der Waals surface area contributed by atoms with Gasteiger partial charge in [-0.05, 0) is 43.2 Å². The van der Waals surface area contributed by atoms with Crippen molar-refractivity contribution in [3.05, 3.63) is 59.7 Å². The van der Waals surface area contributed by atoms with Crippen LogP contribution in [0.15, 0.2) is 42.5 Å². The third-order valence-corrected chi connectivity index (χ3v) is 3.94. The number of nitrogens with one attached hydrogen (secondary N) is 2. The molecule has 7 heteroatoms. The van der Waals surface area contributed by atoms with E-state index in [1.807, 2.05) is 0 Å². The van der Waals surface area contributed by atoms with Crippen LogP contribution in [0, 0.1) is 11.6 Å². The summed E-state index contributed by atoms with van der Waals surface area (Å²) in [6, 6.07) is 9.12. The van der Waals surface area contributed by atoms with Gasteiger partial charge >= 0.3 is 6.03 Å². The summed E-state index contributed by atoms with van der Waals surface area (Å²) in [6.45, 7) is 1.46. The number of carbonyl (C=O) groups is 2. The molecule has 130 valence electrons. The Morgan fingerprint density at radius 2 is 1.60 bits per heavy atom. The molecule has 0 unspecified atom stereocenters. The molecule has 1 saturated heterocycles. The van der Waals surface area contributed by atoms with Crippen LogP contribution in [0.2, 0.25) is 0 Å². The Hall–Kier alpha value is -2.96. The molecule has 25 heavy (non-hydrogen) atoms. The first-order chi connectivity index (χ1) is 12.0. The van der Waals surface area contributed by atoms with Gasteiger partial charge in [0.15, 0.2) is 0 Å². The van der Waals surface area contributed by atoms with E-state index in [4.69, 9.17) is 0 Å². The van der Waals surface area contributed by atoms with Gasteiger partial charge in [0, 0.05) is 30.5 Å². The number of hydrogen-bond acceptors (Lipinski definition) is 2. The maximum absolute atomic E-state index is 13.7. The molecule has 3 rings (SSSR count). The quantitative estimate of drug-likeness (QED) is 0.888. The molecule has 2 aromatic rings. The van der Waals surface area contributed by atoms with Gasteiger partial charge in [0.2, 0.25) is 0 Å². The van der Waals surface area contributed by atoms with Gasteiger partial charge in [-0.3, -0.25) is 4.79 Å². The van der Waals surface area contributed by atoms with Gasteiger partial charge in [0.25, 0.3) is 5.91 Å². The zero-order valence-electron chi connectivity index (χ0n) is 13.4. The topological polar surface area (TPSA) is 61.4 Å². The van der Waals surface area contributed by atoms with E-state index < -0.39 is 17.5 Å². The lowest BCUT2D eigenvalue weighted by Crippen LogP contribution is -2.32. The van der Waals surface area contributed by atoms with Crippen LogP contribution in [0.1, 0.15) is 23.2 Å². The van der Waals surface area contributed by atoms with E-state index in [1.54, 1.807) is 29.2 Å². The number of amides is 3. The molecule has 2 N–H and O–H groups in total. The highest BCUT2D eigenvalue weighted by Crippen LogP contribution is 2.18. The number of benzene rings is 2. The van der Waals surface area contributed by atoms with Gasteiger partial charge in [0.1, 0.15) is 11.6 Å². The van der Waals surface area contributed by atoms with Crippen LogP contribution in [-0.2, 0) is 0 Å². The first-order valence-electron chi connectivity index (χ1n) is 7.95. The Kier molecular flexibility index (Phi) is 4.92. The van der Waals surface area contributed by atoms with E-state index >= 15 is 0 Å². The van der Waals surface area contributed by atoms with Crippen molar-refractivity contribution in [2.75, 3.05) is 23.7 Å². The van der Waals surface area contributed by atoms with Crippen LogP contribution in [0.3, 0.4) is 0 Å². The SMILES string of the molecule is O=C(Nc1cccc(NC(=O)N2CCCC2)c1)c1ccc(F)cc1F. The number of likely N-dealkylation sites (tertiary alicyclic amines) is 1. The van der Waals surface area contributed by atoms with Gasteiger partial charge in [0.05, 0.1) is 5.56 Å². The average molecular weight is 345 g/mol. The largest absolute Gasteiger partial charge is 0.325 e. The van der Waals surface area contributed by atoms with Crippen LogP contribution in [0.5, 0.6) is 0 Å². The van der Waals surface area contributed by atoms with Crippen molar-refractivity contribution in [2.45, 2.75) is 12.8 Å². The minimum absolute atomic E-state index is 0.189. The second-order valence-corrected chi connectivity index (χ2v) is 5.78. The number of carbonyl (C=O) groups excluding carboxylic acids is 2. The van der Waals surface area contributed by atoms with Crippen molar-refractivity contribution in [1.82, 2.24) is 4.90 Å². The van der Waals surface area contributed by atoms with Crippen molar-refractivity contribution >= 4 is 23.3 Å². The molecule has 0 bridgehead atoms. The van der Waals surface area contributed by atoms with Crippen molar-refractivity contribution < 1.29 is 18.4 Å². The molecule has 0 spiro atoms. The van der Waals surface area contributed by atoms with E-state index in [9.17, 15) is 18.4 Å². The first-order valence-corrected chi connectivity index (χ1v) is 7.95. The van der Waals surface area contributed by atoms with Crippen molar-refractivity contribution in [2.24, 2.45) is 0 Å². The van der Waals surface area contributed by atoms with E-state index in [2.05, 4.69) is 10.6 Å². The Labute approximate surface area is 143 Å². The van der Waals surface area contributed by atoms with Crippen molar-refractivity contribution in [3.8, 4) is 0 Å². The summed E-state index contributed by atoms with van der Waals surface area (Å²) in [6.07, 6.45) is 1.99. The fourth-order valence-corrected chi connectivity index (χ4v) is 2.67. The zero-order chi connectivity index (χ0) is 17.8. The molecule has 5 nitrogen and oxygen atoms in total. The highest BCUT2D eigenvalue weighted by molar-refractivity contribution is 6.04. The molecule has 1 fully saturated rings. The highest BCUT2D eigenvalue weighted by Gasteiger charge is 2.18. The summed E-state index contributed by atoms with van der Waals surface area (Å²) in [5, 5.41) is 5.30. The second kappa shape index (κ2) is 7.29. The normalized spacial score (nSPS) is 13.6. The average Bonchev–Trinajstić information content (AvgIpc) is 3.09. The number of rotatable bonds is 3. The Morgan fingerprint density at radius 3 is 2.28 bits per heavy atom. The summed E-state index contributed by atoms with van der Waals surface area (Å²) in [5.41, 5.74) is 0.662. The molecule has 1 heterocycles. The molecule has 0 aliphatic carbocycles. The predicted octanol–water partition coefficient (Wildman–Crippen LogP) is 3.84. The lowest BCUT2D eigenvalue weighted by Gasteiger charge is -2.16. The molecule has 1 aliphatic heterocycles. The minimum atomic E-state index is -0.934. The zero-order valence-corrected chi connectivity index (χ0v) is 13.4. The van der Waals surface area contributed by atoms with Gasteiger partial charge < -0.3 is 15.5 Å². The molecule has 1 aliphatic rings. The van der Waals surface area contributed by atoms with Crippen LogP contribution >= 0.6 is 0 Å². The van der Waals surface area contributed by atoms with Crippen LogP contribution in [0.4, 0.5) is 25.0 Å². The molecule has 0 aromatic heterocycles. The highest BCUT2D eigenvalue weighted by atomic mass is 19.1. The van der Waals surface area contributed by atoms with Crippen LogP contribution in [-0.4, -0.2) is 29.9 Å². The van der Waals surface area contributed by atoms with Gasteiger partial charge in [-0.2, -0.15) is 0 Å². The Balaban J connectivity index is 1.68. The van der Waals surface area contributed by atoms with E-state index in [0.29, 0.717) is 17.4 Å². The molecule has 0 atom stereocenters. The maximum atomic E-state index is 13.7. The van der Waals surface area contributed by atoms with Gasteiger partial charge in [-0.15, -0.1) is 0 Å². The number of urea groups is 1. The first kappa shape index (κ1) is 16.9. The van der Waals surface area contributed by atoms with E-state index in [1.165, 1.54) is 0 Å². The molecular weight excluding hydrogens is 328 g/mol. The maximum Gasteiger partial charge on any atom is 0.321 e. The van der Waals surface area contributed by atoms with Crippen molar-refractivity contribution in [3.63, 3.8) is 0 Å². The van der Waals surface area contributed by atoms with Gasteiger partial charge in [-0.1, -0.05) is 6.07 Å². The summed E-state index contributed by atoms with van der Waals surface area (Å²) < 4.78 is 26.6. The summed E-state index contributed by atoms with van der Waals surface area (Å²) >= 11 is 0. The molecular formula is C18H17F2N3O2. The fourth-order valence-electron chi connectivity index (χ4n) is 2.67. The predicted molar refractivity (Wildman–Crippen MR) is 90.6 cm³/mol. The summed E-state index contributed by atoms with van der Waals surface area (Å²) in [4.78, 5) is 25.9. The smallest absolute Gasteiger partial charge is 0.321 e. The Morgan fingerprint density at radius 1 is 0.920 bits per heavy atom. The fraction of sp³-hybridized carbons (Fsp3) is 0.222. The standard InChI is InChI=1S/C18H17F2N3O2/c19-12-6-7-15(16(20)10-12)17(24)21-13-4-3-5-14(11-13)22-18(25)23-8-1-2-9-23/h3-7,10-11H,1-2,8-9H2,(H,21,24)(H,22,25). The second-order valence-electron chi connectivity index (χ2n) is 5.78. The monoisotopic (exact) mass is 345 g/mol. The summed E-state index contributed by atoms with van der Waals surface area (Å²) in [5.74, 6) is -2.38. The third-order valence-electron chi connectivity index (χ3n) is 3.94. The van der Waals surface area contributed by atoms with Crippen molar-refractivity contribution in [1.29, 1.82) is 0 Å². The van der Waals surface area contributed by atoms with E-state index in [0.717, 1.165) is 38.1 Å². The lowest BCUT2D eigenvalue weighted by molar-refractivity contribution is 0.102. The number of nitrogens with zero attached hydrogens (tertiary/aromatic N) is 1.